The second-order valence-corrected chi connectivity index (χ2v) is 8.73. The van der Waals surface area contributed by atoms with Gasteiger partial charge >= 0.3 is 0 Å². The Kier molecular flexibility index (Phi) is 13.7. The molecule has 0 aliphatic heterocycles. The van der Waals surface area contributed by atoms with Crippen LogP contribution in [0.1, 0.15) is 6.92 Å². The fourth-order valence-electron chi connectivity index (χ4n) is 0.986. The van der Waals surface area contributed by atoms with Crippen LogP contribution in [0.3, 0.4) is 0 Å². The Bertz CT molecular complexity index is 176. The zero-order valence-corrected chi connectivity index (χ0v) is 13.8. The summed E-state index contributed by atoms with van der Waals surface area (Å²) < 4.78 is -0.0160. The predicted octanol–water partition coefficient (Wildman–Crippen LogP) is 2.73. The highest BCUT2D eigenvalue weighted by atomic mass is 35.5. The molecule has 0 bridgehead atoms. The Morgan fingerprint density at radius 3 is 2.29 bits per heavy atom. The molecular weight excluding hydrogens is 319 g/mol. The highest BCUT2D eigenvalue weighted by Crippen LogP contribution is 2.27. The molecular formula is C10H20Cl2O2S3. The first-order chi connectivity index (χ1) is 8.10. The van der Waals surface area contributed by atoms with Crippen LogP contribution in [-0.4, -0.2) is 61.8 Å². The fourth-order valence-corrected chi connectivity index (χ4v) is 4.98. The third kappa shape index (κ3) is 12.3. The maximum absolute atomic E-state index is 9.24. The van der Waals surface area contributed by atoms with Gasteiger partial charge in [-0.3, -0.25) is 0 Å². The van der Waals surface area contributed by atoms with Gasteiger partial charge in [0.1, 0.15) is 0 Å². The molecule has 0 fully saturated rings. The van der Waals surface area contributed by atoms with Crippen molar-refractivity contribution in [3.63, 3.8) is 0 Å². The average Bonchev–Trinajstić information content (AvgIpc) is 2.27. The van der Waals surface area contributed by atoms with Crippen molar-refractivity contribution in [1.82, 2.24) is 0 Å². The van der Waals surface area contributed by atoms with E-state index in [1.54, 1.807) is 35.3 Å². The number of hydrogen-bond donors (Lipinski definition) is 2. The van der Waals surface area contributed by atoms with Gasteiger partial charge in [0.25, 0.3) is 0 Å². The maximum atomic E-state index is 9.24. The Morgan fingerprint density at radius 1 is 1.06 bits per heavy atom. The van der Waals surface area contributed by atoms with Crippen molar-refractivity contribution in [3.8, 4) is 0 Å². The van der Waals surface area contributed by atoms with Crippen LogP contribution in [0.5, 0.6) is 0 Å². The topological polar surface area (TPSA) is 40.5 Å². The van der Waals surface area contributed by atoms with Crippen molar-refractivity contribution < 1.29 is 10.2 Å². The number of alkyl halides is 2. The van der Waals surface area contributed by atoms with Gasteiger partial charge in [0.2, 0.25) is 0 Å². The van der Waals surface area contributed by atoms with Crippen LogP contribution in [0, 0.1) is 0 Å². The molecule has 2 nitrogen and oxygen atoms in total. The van der Waals surface area contributed by atoms with Crippen LogP contribution in [-0.2, 0) is 0 Å². The molecule has 0 aromatic heterocycles. The predicted molar refractivity (Wildman–Crippen MR) is 85.2 cm³/mol. The molecule has 0 aliphatic rings. The number of aliphatic hydroxyl groups is 2. The first-order valence-electron chi connectivity index (χ1n) is 5.41. The summed E-state index contributed by atoms with van der Waals surface area (Å²) >= 11 is 17.0. The molecule has 0 aromatic carbocycles. The molecule has 3 atom stereocenters. The van der Waals surface area contributed by atoms with Crippen molar-refractivity contribution >= 4 is 58.5 Å². The van der Waals surface area contributed by atoms with Gasteiger partial charge in [-0.15, -0.1) is 35.0 Å². The molecule has 7 heteroatoms. The lowest BCUT2D eigenvalue weighted by Crippen LogP contribution is -2.17. The van der Waals surface area contributed by atoms with E-state index >= 15 is 0 Å². The molecule has 0 saturated heterocycles. The largest absolute Gasteiger partial charge is 0.396 e. The quantitative estimate of drug-likeness (QED) is 0.447. The summed E-state index contributed by atoms with van der Waals surface area (Å²) in [5.74, 6) is 3.27. The Morgan fingerprint density at radius 2 is 1.76 bits per heavy atom. The molecule has 0 rings (SSSR count). The van der Waals surface area contributed by atoms with Crippen molar-refractivity contribution in [1.29, 1.82) is 0 Å². The smallest absolute Gasteiger partial charge is 0.0882 e. The lowest BCUT2D eigenvalue weighted by molar-refractivity contribution is 0.301. The summed E-state index contributed by atoms with van der Waals surface area (Å²) in [5.41, 5.74) is 0. The Hall–Kier alpha value is 1.55. The molecule has 3 unspecified atom stereocenters. The monoisotopic (exact) mass is 338 g/mol. The number of halogens is 2. The van der Waals surface area contributed by atoms with Gasteiger partial charge in [-0.25, -0.2) is 0 Å². The average molecular weight is 339 g/mol. The number of aliphatic hydroxyl groups excluding tert-OH is 2. The number of thioether (sulfide) groups is 3. The van der Waals surface area contributed by atoms with Gasteiger partial charge in [-0.2, -0.15) is 23.5 Å². The molecule has 0 amide bonds. The summed E-state index contributed by atoms with van der Waals surface area (Å²) in [7, 11) is 0. The summed E-state index contributed by atoms with van der Waals surface area (Å²) in [6, 6.07) is 0. The Balaban J connectivity index is 3.63. The van der Waals surface area contributed by atoms with E-state index in [1.165, 1.54) is 0 Å². The normalized spacial score (nSPS) is 16.8. The van der Waals surface area contributed by atoms with E-state index < -0.39 is 0 Å². The van der Waals surface area contributed by atoms with Crippen molar-refractivity contribution in [2.75, 3.05) is 36.2 Å². The number of rotatable bonds is 11. The van der Waals surface area contributed by atoms with Gasteiger partial charge in [0.05, 0.1) is 17.9 Å². The van der Waals surface area contributed by atoms with E-state index in [1.807, 2.05) is 6.92 Å². The molecule has 0 aliphatic carbocycles. The molecule has 0 heterocycles. The van der Waals surface area contributed by atoms with E-state index in [0.717, 1.165) is 17.3 Å². The minimum Gasteiger partial charge on any atom is -0.396 e. The highest BCUT2D eigenvalue weighted by Gasteiger charge is 2.15. The standard InChI is InChI=1S/C10H20Cl2O2S3/c1-8(11)5-16-6-9(4-14)17-10(12)7-15-3-2-13/h8-10,13-14H,2-7H2,1H3. The van der Waals surface area contributed by atoms with Crippen LogP contribution < -0.4 is 0 Å². The highest BCUT2D eigenvalue weighted by molar-refractivity contribution is 8.06. The van der Waals surface area contributed by atoms with Crippen molar-refractivity contribution in [3.05, 3.63) is 0 Å². The fraction of sp³-hybridized carbons (Fsp3) is 1.00. The van der Waals surface area contributed by atoms with E-state index in [2.05, 4.69) is 0 Å². The van der Waals surface area contributed by atoms with Gasteiger partial charge in [-0.05, 0) is 6.92 Å². The Labute approximate surface area is 127 Å². The summed E-state index contributed by atoms with van der Waals surface area (Å²) in [6.07, 6.45) is 0. The minimum absolute atomic E-state index is 0.0160. The second kappa shape index (κ2) is 12.6. The lowest BCUT2D eigenvalue weighted by Gasteiger charge is -2.17. The van der Waals surface area contributed by atoms with E-state index in [0.29, 0.717) is 5.75 Å². The van der Waals surface area contributed by atoms with E-state index in [4.69, 9.17) is 28.3 Å². The van der Waals surface area contributed by atoms with Crippen LogP contribution in [0.15, 0.2) is 0 Å². The van der Waals surface area contributed by atoms with Crippen LogP contribution in [0.2, 0.25) is 0 Å². The molecule has 2 N–H and O–H groups in total. The van der Waals surface area contributed by atoms with E-state index in [9.17, 15) is 5.11 Å². The summed E-state index contributed by atoms with van der Waals surface area (Å²) in [5, 5.41) is 18.2. The van der Waals surface area contributed by atoms with Gasteiger partial charge < -0.3 is 10.2 Å². The molecule has 0 spiro atoms. The van der Waals surface area contributed by atoms with Gasteiger partial charge in [-0.1, -0.05) is 0 Å². The van der Waals surface area contributed by atoms with Gasteiger partial charge in [0.15, 0.2) is 0 Å². The van der Waals surface area contributed by atoms with Crippen LogP contribution in [0.4, 0.5) is 0 Å². The minimum atomic E-state index is -0.0160. The zero-order chi connectivity index (χ0) is 13.1. The zero-order valence-electron chi connectivity index (χ0n) is 9.85. The third-order valence-electron chi connectivity index (χ3n) is 1.68. The maximum Gasteiger partial charge on any atom is 0.0882 e. The van der Waals surface area contributed by atoms with Crippen molar-refractivity contribution in [2.45, 2.75) is 22.3 Å². The molecule has 17 heavy (non-hydrogen) atoms. The molecule has 0 radical (unpaired) electrons. The molecule has 0 aromatic rings. The summed E-state index contributed by atoms with van der Waals surface area (Å²) in [4.78, 5) is 0. The van der Waals surface area contributed by atoms with Gasteiger partial charge in [0, 0.05) is 33.6 Å². The number of hydrogen-bond acceptors (Lipinski definition) is 5. The van der Waals surface area contributed by atoms with Crippen LogP contribution >= 0.6 is 58.5 Å². The molecule has 104 valence electrons. The lowest BCUT2D eigenvalue weighted by atomic mass is 10.5. The first-order valence-corrected chi connectivity index (χ1v) is 9.53. The first kappa shape index (κ1) is 18.6. The molecule has 0 saturated carbocycles. The van der Waals surface area contributed by atoms with Crippen LogP contribution in [0.25, 0.3) is 0 Å². The van der Waals surface area contributed by atoms with Crippen molar-refractivity contribution in [2.24, 2.45) is 0 Å². The van der Waals surface area contributed by atoms with E-state index in [-0.39, 0.29) is 28.5 Å². The summed E-state index contributed by atoms with van der Waals surface area (Å²) in [6.45, 7) is 2.29. The SMILES string of the molecule is CC(Cl)CSCC(CO)SC(Cl)CSCCO. The third-order valence-corrected chi connectivity index (χ3v) is 6.66. The second-order valence-electron chi connectivity index (χ2n) is 3.47.